The van der Waals surface area contributed by atoms with Crippen molar-refractivity contribution in [2.75, 3.05) is 20.7 Å². The Morgan fingerprint density at radius 3 is 2.85 bits per heavy atom. The Labute approximate surface area is 119 Å². The molecule has 0 aliphatic heterocycles. The lowest BCUT2D eigenvalue weighted by molar-refractivity contribution is -0.127. The van der Waals surface area contributed by atoms with Gasteiger partial charge in [0.15, 0.2) is 6.10 Å². The number of methoxy groups -OCH3 is 1. The normalized spacial score (nSPS) is 11.3. The summed E-state index contributed by atoms with van der Waals surface area (Å²) >= 11 is 0. The smallest absolute Gasteiger partial charge is 0.261 e. The summed E-state index contributed by atoms with van der Waals surface area (Å²) in [5, 5.41) is 5.64. The highest BCUT2D eigenvalue weighted by Crippen LogP contribution is 2.25. The first-order valence-corrected chi connectivity index (χ1v) is 6.31. The van der Waals surface area contributed by atoms with Crippen LogP contribution in [0.1, 0.15) is 12.5 Å². The summed E-state index contributed by atoms with van der Waals surface area (Å²) in [6.07, 6.45) is 4.48. The van der Waals surface area contributed by atoms with Crippen molar-refractivity contribution in [3.05, 3.63) is 23.8 Å². The third kappa shape index (κ3) is 4.48. The minimum absolute atomic E-state index is 0.193. The Kier molecular flexibility index (Phi) is 6.41. The zero-order valence-corrected chi connectivity index (χ0v) is 12.0. The quantitative estimate of drug-likeness (QED) is 0.727. The summed E-state index contributed by atoms with van der Waals surface area (Å²) in [4.78, 5) is 11.7. The number of ether oxygens (including phenoxy) is 2. The number of amides is 1. The van der Waals surface area contributed by atoms with Gasteiger partial charge in [-0.25, -0.2) is 0 Å². The van der Waals surface area contributed by atoms with E-state index >= 15 is 0 Å². The third-order valence-electron chi connectivity index (χ3n) is 2.67. The minimum atomic E-state index is -0.618. The Bertz CT molecular complexity index is 494. The van der Waals surface area contributed by atoms with Crippen LogP contribution >= 0.6 is 0 Å². The second-order valence-corrected chi connectivity index (χ2v) is 4.19. The van der Waals surface area contributed by atoms with Gasteiger partial charge in [0.25, 0.3) is 5.91 Å². The highest BCUT2D eigenvalue weighted by atomic mass is 16.5. The standard InChI is InChI=1S/C15H20N2O3/c1-5-8-17-15(18)11(2)20-14-7-6-13(19-4)9-12(14)10-16-3/h1,6-7,9,11,16H,8,10H2,2-4H3,(H,17,18). The fourth-order valence-corrected chi connectivity index (χ4v) is 1.65. The number of terminal acetylenes is 1. The molecule has 0 saturated carbocycles. The molecule has 5 nitrogen and oxygen atoms in total. The molecule has 0 aliphatic rings. The van der Waals surface area contributed by atoms with Crippen LogP contribution in [0.5, 0.6) is 11.5 Å². The van der Waals surface area contributed by atoms with Gasteiger partial charge in [-0.15, -0.1) is 6.42 Å². The molecular formula is C15H20N2O3. The molecule has 1 amide bonds. The van der Waals surface area contributed by atoms with Crippen molar-refractivity contribution in [3.63, 3.8) is 0 Å². The minimum Gasteiger partial charge on any atom is -0.497 e. The van der Waals surface area contributed by atoms with E-state index in [9.17, 15) is 4.79 Å². The van der Waals surface area contributed by atoms with Crippen molar-refractivity contribution >= 4 is 5.91 Å². The van der Waals surface area contributed by atoms with Gasteiger partial charge in [0.05, 0.1) is 13.7 Å². The first-order chi connectivity index (χ1) is 9.62. The zero-order valence-electron chi connectivity index (χ0n) is 12.0. The molecule has 108 valence electrons. The average Bonchev–Trinajstić information content (AvgIpc) is 2.46. The molecule has 0 saturated heterocycles. The maximum atomic E-state index is 11.7. The summed E-state index contributed by atoms with van der Waals surface area (Å²) in [6.45, 7) is 2.49. The van der Waals surface area contributed by atoms with Gasteiger partial charge >= 0.3 is 0 Å². The number of hydrogen-bond donors (Lipinski definition) is 2. The fourth-order valence-electron chi connectivity index (χ4n) is 1.65. The number of carbonyl (C=O) groups excluding carboxylic acids is 1. The van der Waals surface area contributed by atoms with Crippen molar-refractivity contribution < 1.29 is 14.3 Å². The maximum Gasteiger partial charge on any atom is 0.261 e. The molecule has 0 aliphatic carbocycles. The Balaban J connectivity index is 2.80. The monoisotopic (exact) mass is 276 g/mol. The highest BCUT2D eigenvalue weighted by Gasteiger charge is 2.16. The van der Waals surface area contributed by atoms with Gasteiger partial charge in [0.1, 0.15) is 11.5 Å². The second-order valence-electron chi connectivity index (χ2n) is 4.19. The summed E-state index contributed by atoms with van der Waals surface area (Å²) in [7, 11) is 3.45. The van der Waals surface area contributed by atoms with E-state index in [0.717, 1.165) is 11.3 Å². The van der Waals surface area contributed by atoms with E-state index in [2.05, 4.69) is 16.6 Å². The molecule has 1 rings (SSSR count). The fraction of sp³-hybridized carbons (Fsp3) is 0.400. The van der Waals surface area contributed by atoms with E-state index in [0.29, 0.717) is 12.3 Å². The molecule has 2 N–H and O–H groups in total. The van der Waals surface area contributed by atoms with Crippen molar-refractivity contribution in [3.8, 4) is 23.8 Å². The zero-order chi connectivity index (χ0) is 15.0. The molecule has 1 aromatic rings. The number of carbonyl (C=O) groups is 1. The SMILES string of the molecule is C#CCNC(=O)C(C)Oc1ccc(OC)cc1CNC. The number of benzene rings is 1. The van der Waals surface area contributed by atoms with Crippen LogP contribution in [0.15, 0.2) is 18.2 Å². The van der Waals surface area contributed by atoms with Gasteiger partial charge in [0, 0.05) is 12.1 Å². The molecule has 1 aromatic carbocycles. The van der Waals surface area contributed by atoms with Crippen molar-refractivity contribution in [1.82, 2.24) is 10.6 Å². The highest BCUT2D eigenvalue weighted by molar-refractivity contribution is 5.80. The van der Waals surface area contributed by atoms with E-state index in [1.54, 1.807) is 26.2 Å². The van der Waals surface area contributed by atoms with Crippen LogP contribution in [-0.2, 0) is 11.3 Å². The molecule has 0 heterocycles. The molecule has 20 heavy (non-hydrogen) atoms. The molecule has 5 heteroatoms. The largest absolute Gasteiger partial charge is 0.497 e. The third-order valence-corrected chi connectivity index (χ3v) is 2.67. The molecule has 0 bridgehead atoms. The summed E-state index contributed by atoms with van der Waals surface area (Å²) in [5.41, 5.74) is 0.920. The van der Waals surface area contributed by atoms with E-state index in [1.165, 1.54) is 0 Å². The van der Waals surface area contributed by atoms with Crippen molar-refractivity contribution in [1.29, 1.82) is 0 Å². The molecule has 1 unspecified atom stereocenters. The number of rotatable bonds is 7. The van der Waals surface area contributed by atoms with Crippen LogP contribution in [0, 0.1) is 12.3 Å². The van der Waals surface area contributed by atoms with Crippen LogP contribution in [0.25, 0.3) is 0 Å². The number of nitrogens with one attached hydrogen (secondary N) is 2. The molecule has 0 spiro atoms. The van der Waals surface area contributed by atoms with Crippen molar-refractivity contribution in [2.45, 2.75) is 19.6 Å². The van der Waals surface area contributed by atoms with E-state index in [1.807, 2.05) is 13.1 Å². The van der Waals surface area contributed by atoms with Crippen LogP contribution < -0.4 is 20.1 Å². The first-order valence-electron chi connectivity index (χ1n) is 6.31. The van der Waals surface area contributed by atoms with E-state index < -0.39 is 6.10 Å². The lowest BCUT2D eigenvalue weighted by Gasteiger charge is -2.17. The first kappa shape index (κ1) is 15.9. The lowest BCUT2D eigenvalue weighted by atomic mass is 10.2. The molecular weight excluding hydrogens is 256 g/mol. The maximum absolute atomic E-state index is 11.7. The van der Waals surface area contributed by atoms with Gasteiger partial charge in [-0.2, -0.15) is 0 Å². The lowest BCUT2D eigenvalue weighted by Crippen LogP contribution is -2.36. The molecule has 0 fully saturated rings. The number of hydrogen-bond acceptors (Lipinski definition) is 4. The van der Waals surface area contributed by atoms with Gasteiger partial charge in [0.2, 0.25) is 0 Å². The Hall–Kier alpha value is -2.19. The topological polar surface area (TPSA) is 59.6 Å². The van der Waals surface area contributed by atoms with E-state index in [4.69, 9.17) is 15.9 Å². The van der Waals surface area contributed by atoms with Crippen LogP contribution in [0.4, 0.5) is 0 Å². The second kappa shape index (κ2) is 8.08. The molecule has 0 radical (unpaired) electrons. The summed E-state index contributed by atoms with van der Waals surface area (Å²) in [6, 6.07) is 5.45. The van der Waals surface area contributed by atoms with Gasteiger partial charge in [-0.3, -0.25) is 4.79 Å². The summed E-state index contributed by atoms with van der Waals surface area (Å²) in [5.74, 6) is 3.49. The Morgan fingerprint density at radius 2 is 2.25 bits per heavy atom. The van der Waals surface area contributed by atoms with Crippen molar-refractivity contribution in [2.24, 2.45) is 0 Å². The molecule has 0 aromatic heterocycles. The predicted molar refractivity (Wildman–Crippen MR) is 77.7 cm³/mol. The summed E-state index contributed by atoms with van der Waals surface area (Å²) < 4.78 is 10.9. The van der Waals surface area contributed by atoms with Gasteiger partial charge in [-0.05, 0) is 32.2 Å². The Morgan fingerprint density at radius 1 is 1.50 bits per heavy atom. The van der Waals surface area contributed by atoms with Crippen LogP contribution in [0.2, 0.25) is 0 Å². The molecule has 1 atom stereocenters. The van der Waals surface area contributed by atoms with Crippen LogP contribution in [-0.4, -0.2) is 32.7 Å². The average molecular weight is 276 g/mol. The van der Waals surface area contributed by atoms with Gasteiger partial charge in [-0.1, -0.05) is 5.92 Å². The van der Waals surface area contributed by atoms with E-state index in [-0.39, 0.29) is 12.5 Å². The van der Waals surface area contributed by atoms with Gasteiger partial charge < -0.3 is 20.1 Å². The predicted octanol–water partition coefficient (Wildman–Crippen LogP) is 0.931. The van der Waals surface area contributed by atoms with Crippen LogP contribution in [0.3, 0.4) is 0 Å².